The van der Waals surface area contributed by atoms with Crippen molar-refractivity contribution in [1.82, 2.24) is 19.6 Å². The van der Waals surface area contributed by atoms with Crippen LogP contribution in [-0.2, 0) is 0 Å². The van der Waals surface area contributed by atoms with Gasteiger partial charge in [-0.05, 0) is 19.3 Å². The molecule has 17 heavy (non-hydrogen) atoms. The molecule has 2 aromatic rings. The van der Waals surface area contributed by atoms with E-state index < -0.39 is 0 Å². The maximum absolute atomic E-state index is 6.01. The molecule has 0 saturated heterocycles. The Kier molecular flexibility index (Phi) is 2.72. The Morgan fingerprint density at radius 3 is 3.06 bits per heavy atom. The van der Waals surface area contributed by atoms with Crippen LogP contribution in [0.5, 0.6) is 0 Å². The van der Waals surface area contributed by atoms with Crippen LogP contribution in [0.25, 0.3) is 5.65 Å². The van der Waals surface area contributed by atoms with Crippen LogP contribution in [-0.4, -0.2) is 25.6 Å². The van der Waals surface area contributed by atoms with Crippen molar-refractivity contribution in [3.63, 3.8) is 0 Å². The van der Waals surface area contributed by atoms with Crippen molar-refractivity contribution in [2.24, 2.45) is 5.73 Å². The Hall–Kier alpha value is -1.20. The molecule has 3 rings (SSSR count). The largest absolute Gasteiger partial charge is 0.328 e. The second kappa shape index (κ2) is 4.23. The van der Waals surface area contributed by atoms with Crippen LogP contribution in [0.3, 0.4) is 0 Å². The third-order valence-electron chi connectivity index (χ3n) is 3.39. The lowest BCUT2D eigenvalue weighted by molar-refractivity contribution is 0.380. The van der Waals surface area contributed by atoms with Crippen molar-refractivity contribution >= 4 is 17.2 Å². The Morgan fingerprint density at radius 2 is 2.24 bits per heavy atom. The molecule has 0 amide bonds. The Bertz CT molecular complexity index is 538. The van der Waals surface area contributed by atoms with Gasteiger partial charge >= 0.3 is 0 Å². The Balaban J connectivity index is 2.02. The summed E-state index contributed by atoms with van der Waals surface area (Å²) in [5.74, 6) is 1.34. The van der Waals surface area contributed by atoms with Gasteiger partial charge in [0, 0.05) is 24.4 Å². The summed E-state index contributed by atoms with van der Waals surface area (Å²) in [5.41, 5.74) is 6.64. The topological polar surface area (TPSA) is 69.1 Å². The second-order valence-corrected chi connectivity index (χ2v) is 4.95. The van der Waals surface area contributed by atoms with E-state index in [2.05, 4.69) is 15.2 Å². The van der Waals surface area contributed by atoms with Crippen molar-refractivity contribution in [3.8, 4) is 0 Å². The van der Waals surface area contributed by atoms with E-state index >= 15 is 0 Å². The van der Waals surface area contributed by atoms with Crippen LogP contribution in [0.4, 0.5) is 0 Å². The van der Waals surface area contributed by atoms with Gasteiger partial charge in [0.15, 0.2) is 10.8 Å². The average Bonchev–Trinajstić information content (AvgIpc) is 2.74. The molecule has 2 N–H and O–H groups in total. The van der Waals surface area contributed by atoms with Crippen LogP contribution in [0, 0.1) is 0 Å². The predicted octanol–water partition coefficient (Wildman–Crippen LogP) is 1.76. The average molecular weight is 252 g/mol. The molecular formula is C11H14ClN5. The fourth-order valence-electron chi connectivity index (χ4n) is 2.55. The zero-order chi connectivity index (χ0) is 11.8. The number of fused-ring (bicyclic) bond motifs is 1. The lowest BCUT2D eigenvalue weighted by Gasteiger charge is -2.25. The molecule has 1 aliphatic carbocycles. The molecule has 0 aliphatic heterocycles. The number of nitrogens with two attached hydrogens (primary N) is 1. The van der Waals surface area contributed by atoms with Crippen molar-refractivity contribution in [3.05, 3.63) is 23.4 Å². The van der Waals surface area contributed by atoms with E-state index in [4.69, 9.17) is 17.3 Å². The minimum Gasteiger partial charge on any atom is -0.328 e. The lowest BCUT2D eigenvalue weighted by Crippen LogP contribution is -2.27. The standard InChI is InChI=1S/C11H14ClN5/c12-9-11-16-15-10(17(11)5-4-14-9)7-2-1-3-8(13)6-7/h4-5,7-8H,1-3,6,13H2. The van der Waals surface area contributed by atoms with E-state index in [9.17, 15) is 0 Å². The Morgan fingerprint density at radius 1 is 1.35 bits per heavy atom. The summed E-state index contributed by atoms with van der Waals surface area (Å²) in [6.07, 6.45) is 7.88. The van der Waals surface area contributed by atoms with E-state index in [0.717, 1.165) is 31.5 Å². The highest BCUT2D eigenvalue weighted by atomic mass is 35.5. The van der Waals surface area contributed by atoms with Gasteiger partial charge in [-0.2, -0.15) is 0 Å². The molecule has 1 saturated carbocycles. The summed E-state index contributed by atoms with van der Waals surface area (Å²) in [5, 5.41) is 8.74. The third-order valence-corrected chi connectivity index (χ3v) is 3.66. The van der Waals surface area contributed by atoms with Crippen LogP contribution in [0.1, 0.15) is 37.4 Å². The molecule has 90 valence electrons. The first-order valence-electron chi connectivity index (χ1n) is 5.86. The molecule has 0 radical (unpaired) electrons. The summed E-state index contributed by atoms with van der Waals surface area (Å²) >= 11 is 5.98. The first kappa shape index (κ1) is 10.9. The maximum Gasteiger partial charge on any atom is 0.198 e. The molecule has 0 aromatic carbocycles. The van der Waals surface area contributed by atoms with Gasteiger partial charge in [-0.15, -0.1) is 10.2 Å². The first-order chi connectivity index (χ1) is 8.25. The van der Waals surface area contributed by atoms with Gasteiger partial charge in [0.05, 0.1) is 0 Å². The summed E-state index contributed by atoms with van der Waals surface area (Å²) < 4.78 is 1.93. The zero-order valence-electron chi connectivity index (χ0n) is 9.38. The van der Waals surface area contributed by atoms with Gasteiger partial charge in [0.1, 0.15) is 5.82 Å². The quantitative estimate of drug-likeness (QED) is 0.839. The van der Waals surface area contributed by atoms with Crippen molar-refractivity contribution in [2.75, 3.05) is 0 Å². The van der Waals surface area contributed by atoms with Crippen molar-refractivity contribution in [2.45, 2.75) is 37.6 Å². The number of hydrogen-bond donors (Lipinski definition) is 1. The van der Waals surface area contributed by atoms with Crippen LogP contribution in [0.2, 0.25) is 5.15 Å². The van der Waals surface area contributed by atoms with Gasteiger partial charge in [0.2, 0.25) is 0 Å². The number of rotatable bonds is 1. The van der Waals surface area contributed by atoms with Crippen LogP contribution < -0.4 is 5.73 Å². The van der Waals surface area contributed by atoms with Gasteiger partial charge in [-0.25, -0.2) is 4.98 Å². The van der Waals surface area contributed by atoms with Gasteiger partial charge in [-0.1, -0.05) is 18.0 Å². The molecule has 0 spiro atoms. The molecule has 1 aliphatic rings. The summed E-state index contributed by atoms with van der Waals surface area (Å²) in [4.78, 5) is 4.00. The molecule has 1 fully saturated rings. The summed E-state index contributed by atoms with van der Waals surface area (Å²) in [6.45, 7) is 0. The zero-order valence-corrected chi connectivity index (χ0v) is 10.1. The number of halogens is 1. The minimum atomic E-state index is 0.276. The van der Waals surface area contributed by atoms with Gasteiger partial charge in [-0.3, -0.25) is 4.40 Å². The Labute approximate surface area is 104 Å². The van der Waals surface area contributed by atoms with E-state index in [0.29, 0.717) is 16.7 Å². The highest BCUT2D eigenvalue weighted by molar-refractivity contribution is 6.32. The van der Waals surface area contributed by atoms with Crippen molar-refractivity contribution in [1.29, 1.82) is 0 Å². The van der Waals surface area contributed by atoms with E-state index in [1.807, 2.05) is 10.6 Å². The SMILES string of the molecule is NC1CCCC(c2nnc3c(Cl)nccn23)C1. The molecule has 2 aromatic heterocycles. The van der Waals surface area contributed by atoms with E-state index in [-0.39, 0.29) is 6.04 Å². The molecule has 2 unspecified atom stereocenters. The molecule has 6 heteroatoms. The minimum absolute atomic E-state index is 0.276. The molecule has 2 heterocycles. The molecule has 0 bridgehead atoms. The summed E-state index contributed by atoms with van der Waals surface area (Å²) in [7, 11) is 0. The fourth-order valence-corrected chi connectivity index (χ4v) is 2.74. The third kappa shape index (κ3) is 1.89. The lowest BCUT2D eigenvalue weighted by atomic mass is 9.85. The van der Waals surface area contributed by atoms with Crippen LogP contribution in [0.15, 0.2) is 12.4 Å². The monoisotopic (exact) mass is 251 g/mol. The number of hydrogen-bond acceptors (Lipinski definition) is 4. The van der Waals surface area contributed by atoms with Crippen molar-refractivity contribution < 1.29 is 0 Å². The van der Waals surface area contributed by atoms with E-state index in [1.54, 1.807) is 6.20 Å². The normalized spacial score (nSPS) is 25.3. The van der Waals surface area contributed by atoms with Crippen LogP contribution >= 0.6 is 11.6 Å². The van der Waals surface area contributed by atoms with Gasteiger partial charge in [0.25, 0.3) is 0 Å². The van der Waals surface area contributed by atoms with E-state index in [1.165, 1.54) is 0 Å². The second-order valence-electron chi connectivity index (χ2n) is 4.59. The molecule has 2 atom stereocenters. The smallest absolute Gasteiger partial charge is 0.198 e. The highest BCUT2D eigenvalue weighted by Crippen LogP contribution is 2.31. The fraction of sp³-hybridized carbons (Fsp3) is 0.545. The molecule has 5 nitrogen and oxygen atoms in total. The highest BCUT2D eigenvalue weighted by Gasteiger charge is 2.25. The maximum atomic E-state index is 6.01. The van der Waals surface area contributed by atoms with Gasteiger partial charge < -0.3 is 5.73 Å². The molecular weight excluding hydrogens is 238 g/mol. The number of nitrogens with zero attached hydrogens (tertiary/aromatic N) is 4. The summed E-state index contributed by atoms with van der Waals surface area (Å²) in [6, 6.07) is 0.276. The number of aromatic nitrogens is 4. The first-order valence-corrected chi connectivity index (χ1v) is 6.24. The predicted molar refractivity (Wildman–Crippen MR) is 65.0 cm³/mol.